The van der Waals surface area contributed by atoms with Crippen LogP contribution in [-0.4, -0.2) is 18.2 Å². The van der Waals surface area contributed by atoms with E-state index in [0.717, 1.165) is 26.1 Å². The van der Waals surface area contributed by atoms with Gasteiger partial charge in [0.25, 0.3) is 0 Å². The first-order valence-corrected chi connectivity index (χ1v) is 5.11. The van der Waals surface area contributed by atoms with E-state index in [9.17, 15) is 0 Å². The molecule has 0 radical (unpaired) electrons. The van der Waals surface area contributed by atoms with Crippen molar-refractivity contribution >= 4 is 0 Å². The van der Waals surface area contributed by atoms with Gasteiger partial charge in [-0.25, -0.2) is 0 Å². The van der Waals surface area contributed by atoms with Gasteiger partial charge >= 0.3 is 0 Å². The maximum atomic E-state index is 6.19. The van der Waals surface area contributed by atoms with Gasteiger partial charge in [0.05, 0.1) is 0 Å². The molecule has 2 heterocycles. The van der Waals surface area contributed by atoms with Gasteiger partial charge in [-0.3, -0.25) is 4.98 Å². The van der Waals surface area contributed by atoms with Crippen molar-refractivity contribution in [2.24, 2.45) is 11.7 Å². The molecule has 0 spiro atoms. The molecule has 2 N–H and O–H groups in total. The Morgan fingerprint density at radius 3 is 2.57 bits per heavy atom. The molecular formula is C11H16N2O. The van der Waals surface area contributed by atoms with Crippen LogP contribution in [0, 0.1) is 5.92 Å². The molecule has 3 heteroatoms. The Kier molecular flexibility index (Phi) is 3.11. The van der Waals surface area contributed by atoms with Gasteiger partial charge in [-0.2, -0.15) is 0 Å². The summed E-state index contributed by atoms with van der Waals surface area (Å²) in [4.78, 5) is 3.99. The number of pyridine rings is 1. The van der Waals surface area contributed by atoms with Gasteiger partial charge in [0.15, 0.2) is 0 Å². The number of nitrogens with two attached hydrogens (primary N) is 1. The van der Waals surface area contributed by atoms with Crippen molar-refractivity contribution in [2.45, 2.75) is 18.9 Å². The molecule has 76 valence electrons. The zero-order valence-electron chi connectivity index (χ0n) is 8.23. The van der Waals surface area contributed by atoms with Gasteiger partial charge in [-0.1, -0.05) is 0 Å². The third-order valence-electron chi connectivity index (χ3n) is 2.86. The second-order valence-corrected chi connectivity index (χ2v) is 3.76. The average molecular weight is 192 g/mol. The van der Waals surface area contributed by atoms with Gasteiger partial charge in [-0.05, 0) is 36.5 Å². The van der Waals surface area contributed by atoms with Crippen LogP contribution in [0.25, 0.3) is 0 Å². The lowest BCUT2D eigenvalue weighted by Gasteiger charge is -2.27. The van der Waals surface area contributed by atoms with Crippen LogP contribution in [0.1, 0.15) is 24.4 Å². The van der Waals surface area contributed by atoms with Crippen molar-refractivity contribution in [3.8, 4) is 0 Å². The lowest BCUT2D eigenvalue weighted by Crippen LogP contribution is -2.27. The topological polar surface area (TPSA) is 48.1 Å². The first-order chi connectivity index (χ1) is 6.88. The Labute approximate surface area is 84.3 Å². The van der Waals surface area contributed by atoms with E-state index in [1.165, 1.54) is 5.56 Å². The molecule has 1 aliphatic rings. The Hall–Kier alpha value is -0.930. The Bertz CT molecular complexity index is 270. The molecule has 0 saturated carbocycles. The number of hydrogen-bond acceptors (Lipinski definition) is 3. The quantitative estimate of drug-likeness (QED) is 0.772. The van der Waals surface area contributed by atoms with Crippen LogP contribution in [0.4, 0.5) is 0 Å². The number of aromatic nitrogens is 1. The molecule has 14 heavy (non-hydrogen) atoms. The lowest BCUT2D eigenvalue weighted by molar-refractivity contribution is 0.0584. The summed E-state index contributed by atoms with van der Waals surface area (Å²) < 4.78 is 5.32. The molecule has 1 atom stereocenters. The highest BCUT2D eigenvalue weighted by Gasteiger charge is 2.21. The third-order valence-corrected chi connectivity index (χ3v) is 2.86. The highest BCUT2D eigenvalue weighted by atomic mass is 16.5. The van der Waals surface area contributed by atoms with Gasteiger partial charge in [-0.15, -0.1) is 0 Å². The summed E-state index contributed by atoms with van der Waals surface area (Å²) in [7, 11) is 0. The molecule has 3 nitrogen and oxygen atoms in total. The summed E-state index contributed by atoms with van der Waals surface area (Å²) in [6.07, 6.45) is 5.75. The minimum atomic E-state index is 0.141. The summed E-state index contributed by atoms with van der Waals surface area (Å²) in [5.74, 6) is 0.561. The first-order valence-electron chi connectivity index (χ1n) is 5.11. The molecule has 1 aromatic rings. The van der Waals surface area contributed by atoms with Crippen LogP contribution < -0.4 is 5.73 Å². The summed E-state index contributed by atoms with van der Waals surface area (Å²) in [6.45, 7) is 1.70. The van der Waals surface area contributed by atoms with Gasteiger partial charge in [0, 0.05) is 31.6 Å². The van der Waals surface area contributed by atoms with Crippen LogP contribution in [0.15, 0.2) is 24.5 Å². The largest absolute Gasteiger partial charge is 0.381 e. The van der Waals surface area contributed by atoms with E-state index >= 15 is 0 Å². The van der Waals surface area contributed by atoms with E-state index in [0.29, 0.717) is 5.92 Å². The summed E-state index contributed by atoms with van der Waals surface area (Å²) >= 11 is 0. The van der Waals surface area contributed by atoms with Crippen LogP contribution in [0.3, 0.4) is 0 Å². The van der Waals surface area contributed by atoms with Crippen molar-refractivity contribution in [3.63, 3.8) is 0 Å². The fourth-order valence-corrected chi connectivity index (χ4v) is 1.93. The molecular weight excluding hydrogens is 176 g/mol. The van der Waals surface area contributed by atoms with Crippen LogP contribution in [0.5, 0.6) is 0 Å². The average Bonchev–Trinajstić information content (AvgIpc) is 2.30. The van der Waals surface area contributed by atoms with E-state index in [2.05, 4.69) is 4.98 Å². The minimum absolute atomic E-state index is 0.141. The monoisotopic (exact) mass is 192 g/mol. The summed E-state index contributed by atoms with van der Waals surface area (Å²) in [5.41, 5.74) is 7.37. The number of rotatable bonds is 2. The molecule has 1 aromatic heterocycles. The Morgan fingerprint density at radius 2 is 1.93 bits per heavy atom. The lowest BCUT2D eigenvalue weighted by atomic mass is 9.88. The van der Waals surface area contributed by atoms with Gasteiger partial charge in [0.1, 0.15) is 0 Å². The standard InChI is InChI=1S/C11H16N2O/c12-11(9-1-5-13-6-2-9)10-3-7-14-8-4-10/h1-2,5-6,10-11H,3-4,7-8,12H2/t11-/m1/s1. The second kappa shape index (κ2) is 4.53. The predicted molar refractivity (Wildman–Crippen MR) is 54.7 cm³/mol. The normalized spacial score (nSPS) is 20.6. The molecule has 0 aliphatic carbocycles. The maximum Gasteiger partial charge on any atom is 0.0469 e. The molecule has 1 saturated heterocycles. The van der Waals surface area contributed by atoms with Crippen molar-refractivity contribution < 1.29 is 4.74 Å². The van der Waals surface area contributed by atoms with E-state index in [4.69, 9.17) is 10.5 Å². The van der Waals surface area contributed by atoms with Crippen LogP contribution in [-0.2, 0) is 4.74 Å². The summed E-state index contributed by atoms with van der Waals surface area (Å²) in [6, 6.07) is 4.14. The molecule has 0 aromatic carbocycles. The van der Waals surface area contributed by atoms with E-state index in [1.807, 2.05) is 12.1 Å². The van der Waals surface area contributed by atoms with Gasteiger partial charge < -0.3 is 10.5 Å². The fraction of sp³-hybridized carbons (Fsp3) is 0.545. The van der Waals surface area contributed by atoms with E-state index in [1.54, 1.807) is 12.4 Å². The molecule has 1 aliphatic heterocycles. The summed E-state index contributed by atoms with van der Waals surface area (Å²) in [5, 5.41) is 0. The van der Waals surface area contributed by atoms with Crippen molar-refractivity contribution in [1.82, 2.24) is 4.98 Å². The van der Waals surface area contributed by atoms with Crippen molar-refractivity contribution in [1.29, 1.82) is 0 Å². The first kappa shape index (κ1) is 9.62. The second-order valence-electron chi connectivity index (χ2n) is 3.76. The smallest absolute Gasteiger partial charge is 0.0469 e. The highest BCUT2D eigenvalue weighted by Crippen LogP contribution is 2.27. The minimum Gasteiger partial charge on any atom is -0.381 e. The van der Waals surface area contributed by atoms with Crippen LogP contribution >= 0.6 is 0 Å². The van der Waals surface area contributed by atoms with Crippen LogP contribution in [0.2, 0.25) is 0 Å². The molecule has 0 unspecified atom stereocenters. The number of hydrogen-bond donors (Lipinski definition) is 1. The zero-order chi connectivity index (χ0) is 9.80. The third kappa shape index (κ3) is 2.11. The molecule has 0 amide bonds. The number of nitrogens with zero attached hydrogens (tertiary/aromatic N) is 1. The van der Waals surface area contributed by atoms with E-state index in [-0.39, 0.29) is 6.04 Å². The highest BCUT2D eigenvalue weighted by molar-refractivity contribution is 5.15. The fourth-order valence-electron chi connectivity index (χ4n) is 1.93. The van der Waals surface area contributed by atoms with Gasteiger partial charge in [0.2, 0.25) is 0 Å². The Morgan fingerprint density at radius 1 is 1.29 bits per heavy atom. The maximum absolute atomic E-state index is 6.19. The molecule has 1 fully saturated rings. The Balaban J connectivity index is 2.03. The molecule has 0 bridgehead atoms. The predicted octanol–water partition coefficient (Wildman–Crippen LogP) is 1.51. The van der Waals surface area contributed by atoms with E-state index < -0.39 is 0 Å². The van der Waals surface area contributed by atoms with Crippen molar-refractivity contribution in [2.75, 3.05) is 13.2 Å². The SMILES string of the molecule is N[C@H](c1ccncc1)C1CCOCC1. The zero-order valence-corrected chi connectivity index (χ0v) is 8.23. The van der Waals surface area contributed by atoms with Crippen molar-refractivity contribution in [3.05, 3.63) is 30.1 Å². The number of ether oxygens (including phenoxy) is 1. The molecule has 2 rings (SSSR count).